The van der Waals surface area contributed by atoms with Crippen LogP contribution < -0.4 is 5.32 Å². The van der Waals surface area contributed by atoms with Crippen LogP contribution in [0.25, 0.3) is 0 Å². The van der Waals surface area contributed by atoms with Crippen LogP contribution in [0.15, 0.2) is 36.5 Å². The summed E-state index contributed by atoms with van der Waals surface area (Å²) in [6.45, 7) is 5.53. The second-order valence-electron chi connectivity index (χ2n) is 6.87. The Bertz CT molecular complexity index is 770. The number of amides is 2. The van der Waals surface area contributed by atoms with Gasteiger partial charge in [0, 0.05) is 45.1 Å². The van der Waals surface area contributed by atoms with Crippen molar-refractivity contribution >= 4 is 34.9 Å². The summed E-state index contributed by atoms with van der Waals surface area (Å²) in [6.07, 6.45) is 2.86. The van der Waals surface area contributed by atoms with E-state index in [4.69, 9.17) is 27.9 Å². The largest absolute Gasteiger partial charge is 0.379 e. The van der Waals surface area contributed by atoms with Crippen molar-refractivity contribution in [1.82, 2.24) is 14.4 Å². The number of nitrogens with one attached hydrogen (secondary N) is 1. The quantitative estimate of drug-likeness (QED) is 0.727. The molecule has 1 aromatic heterocycles. The molecule has 2 heterocycles. The van der Waals surface area contributed by atoms with E-state index < -0.39 is 0 Å². The summed E-state index contributed by atoms with van der Waals surface area (Å²) in [4.78, 5) is 17.2. The first-order valence-corrected chi connectivity index (χ1v) is 10.2. The lowest BCUT2D eigenvalue weighted by atomic mass is 10.3. The van der Waals surface area contributed by atoms with Gasteiger partial charge in [0.05, 0.1) is 35.5 Å². The van der Waals surface area contributed by atoms with Gasteiger partial charge in [-0.3, -0.25) is 4.90 Å². The SMILES string of the molecule is Cn1cccc1CN(CCCN1CCOCC1)C(=O)Nc1c(Cl)cccc1Cl. The van der Waals surface area contributed by atoms with E-state index in [1.165, 1.54) is 0 Å². The van der Waals surface area contributed by atoms with Crippen molar-refractivity contribution in [3.8, 4) is 0 Å². The van der Waals surface area contributed by atoms with E-state index in [0.717, 1.165) is 45.0 Å². The molecule has 1 aromatic carbocycles. The van der Waals surface area contributed by atoms with Crippen molar-refractivity contribution in [2.75, 3.05) is 44.7 Å². The second kappa shape index (κ2) is 10.2. The molecule has 0 atom stereocenters. The third-order valence-electron chi connectivity index (χ3n) is 4.89. The molecular weight excluding hydrogens is 399 g/mol. The number of halogens is 2. The van der Waals surface area contributed by atoms with Gasteiger partial charge in [-0.15, -0.1) is 0 Å². The van der Waals surface area contributed by atoms with E-state index in [1.54, 1.807) is 23.1 Å². The molecule has 1 N–H and O–H groups in total. The number of aryl methyl sites for hydroxylation is 1. The summed E-state index contributed by atoms with van der Waals surface area (Å²) in [6, 6.07) is 8.96. The molecule has 0 aliphatic carbocycles. The van der Waals surface area contributed by atoms with Crippen molar-refractivity contribution in [2.24, 2.45) is 7.05 Å². The van der Waals surface area contributed by atoms with Gasteiger partial charge in [-0.2, -0.15) is 0 Å². The van der Waals surface area contributed by atoms with Crippen LogP contribution in [0.2, 0.25) is 10.0 Å². The van der Waals surface area contributed by atoms with E-state index in [2.05, 4.69) is 10.2 Å². The summed E-state index contributed by atoms with van der Waals surface area (Å²) in [7, 11) is 1.98. The van der Waals surface area contributed by atoms with Crippen molar-refractivity contribution in [1.29, 1.82) is 0 Å². The monoisotopic (exact) mass is 424 g/mol. The fraction of sp³-hybridized carbons (Fsp3) is 0.450. The van der Waals surface area contributed by atoms with Crippen LogP contribution in [0.3, 0.4) is 0 Å². The zero-order valence-corrected chi connectivity index (χ0v) is 17.5. The molecule has 1 saturated heterocycles. The number of urea groups is 1. The van der Waals surface area contributed by atoms with Gasteiger partial charge in [-0.1, -0.05) is 29.3 Å². The Morgan fingerprint density at radius 2 is 1.89 bits per heavy atom. The topological polar surface area (TPSA) is 49.7 Å². The minimum absolute atomic E-state index is 0.210. The second-order valence-corrected chi connectivity index (χ2v) is 7.68. The molecule has 0 saturated carbocycles. The Morgan fingerprint density at radius 1 is 1.18 bits per heavy atom. The molecule has 3 rings (SSSR count). The van der Waals surface area contributed by atoms with Gasteiger partial charge in [0.15, 0.2) is 0 Å². The van der Waals surface area contributed by atoms with Gasteiger partial charge in [-0.05, 0) is 30.7 Å². The molecule has 0 radical (unpaired) electrons. The lowest BCUT2D eigenvalue weighted by Gasteiger charge is -2.28. The lowest BCUT2D eigenvalue weighted by Crippen LogP contribution is -2.40. The van der Waals surface area contributed by atoms with E-state index in [9.17, 15) is 4.79 Å². The van der Waals surface area contributed by atoms with E-state index >= 15 is 0 Å². The molecular formula is C20H26Cl2N4O2. The van der Waals surface area contributed by atoms with Crippen LogP contribution in [0, 0.1) is 0 Å². The molecule has 28 heavy (non-hydrogen) atoms. The predicted octanol–water partition coefficient (Wildman–Crippen LogP) is 4.09. The molecule has 0 spiro atoms. The van der Waals surface area contributed by atoms with Crippen LogP contribution in [0.1, 0.15) is 12.1 Å². The summed E-state index contributed by atoms with van der Waals surface area (Å²) in [5.74, 6) is 0. The lowest BCUT2D eigenvalue weighted by molar-refractivity contribution is 0.0365. The number of anilines is 1. The molecule has 2 amide bonds. The highest BCUT2D eigenvalue weighted by Gasteiger charge is 2.19. The first-order valence-electron chi connectivity index (χ1n) is 9.45. The fourth-order valence-electron chi connectivity index (χ4n) is 3.22. The number of rotatable bonds is 7. The van der Waals surface area contributed by atoms with Gasteiger partial charge in [0.25, 0.3) is 0 Å². The maximum Gasteiger partial charge on any atom is 0.322 e. The Kier molecular flexibility index (Phi) is 7.62. The fourth-order valence-corrected chi connectivity index (χ4v) is 3.71. The van der Waals surface area contributed by atoms with Crippen molar-refractivity contribution < 1.29 is 9.53 Å². The maximum atomic E-state index is 13.0. The molecule has 2 aromatic rings. The maximum absolute atomic E-state index is 13.0. The van der Waals surface area contributed by atoms with Crippen molar-refractivity contribution in [3.63, 3.8) is 0 Å². The van der Waals surface area contributed by atoms with Crippen LogP contribution in [-0.2, 0) is 18.3 Å². The summed E-state index contributed by atoms with van der Waals surface area (Å²) in [5.41, 5.74) is 1.51. The summed E-state index contributed by atoms with van der Waals surface area (Å²) < 4.78 is 7.41. The number of hydrogen-bond acceptors (Lipinski definition) is 3. The van der Waals surface area contributed by atoms with E-state index in [-0.39, 0.29) is 6.03 Å². The number of hydrogen-bond donors (Lipinski definition) is 1. The molecule has 1 fully saturated rings. The third kappa shape index (κ3) is 5.64. The average Bonchev–Trinajstić information content (AvgIpc) is 3.09. The molecule has 152 valence electrons. The van der Waals surface area contributed by atoms with Gasteiger partial charge >= 0.3 is 6.03 Å². The Hall–Kier alpha value is -1.73. The minimum atomic E-state index is -0.210. The van der Waals surface area contributed by atoms with E-state index in [0.29, 0.717) is 28.8 Å². The van der Waals surface area contributed by atoms with E-state index in [1.807, 2.05) is 29.9 Å². The molecule has 0 unspecified atom stereocenters. The summed E-state index contributed by atoms with van der Waals surface area (Å²) in [5, 5.41) is 3.73. The zero-order valence-electron chi connectivity index (χ0n) is 16.0. The number of morpholine rings is 1. The van der Waals surface area contributed by atoms with Crippen LogP contribution in [0.5, 0.6) is 0 Å². The summed E-state index contributed by atoms with van der Waals surface area (Å²) >= 11 is 12.4. The first kappa shape index (κ1) is 21.0. The normalized spacial score (nSPS) is 14.8. The number of aromatic nitrogens is 1. The zero-order chi connectivity index (χ0) is 19.9. The van der Waals surface area contributed by atoms with Crippen molar-refractivity contribution in [2.45, 2.75) is 13.0 Å². The standard InChI is InChI=1S/C20H26Cl2N4O2/c1-24-8-3-5-16(24)15-26(10-4-9-25-11-13-28-14-12-25)20(27)23-19-17(21)6-2-7-18(19)22/h2-3,5-8H,4,9-15H2,1H3,(H,23,27). The molecule has 0 bridgehead atoms. The number of para-hydroxylation sites is 1. The minimum Gasteiger partial charge on any atom is -0.379 e. The number of carbonyl (C=O) groups excluding carboxylic acids is 1. The Labute approximate surface area is 176 Å². The number of carbonyl (C=O) groups is 1. The first-order chi connectivity index (χ1) is 13.5. The average molecular weight is 425 g/mol. The predicted molar refractivity (Wildman–Crippen MR) is 113 cm³/mol. The highest BCUT2D eigenvalue weighted by Crippen LogP contribution is 2.30. The number of nitrogens with zero attached hydrogens (tertiary/aromatic N) is 3. The van der Waals surface area contributed by atoms with Crippen LogP contribution in [-0.4, -0.2) is 59.8 Å². The van der Waals surface area contributed by atoms with Crippen LogP contribution in [0.4, 0.5) is 10.5 Å². The van der Waals surface area contributed by atoms with Gasteiger partial charge < -0.3 is 19.5 Å². The van der Waals surface area contributed by atoms with Crippen LogP contribution >= 0.6 is 23.2 Å². The highest BCUT2D eigenvalue weighted by atomic mass is 35.5. The highest BCUT2D eigenvalue weighted by molar-refractivity contribution is 6.39. The smallest absolute Gasteiger partial charge is 0.322 e. The van der Waals surface area contributed by atoms with Crippen molar-refractivity contribution in [3.05, 3.63) is 52.3 Å². The third-order valence-corrected chi connectivity index (χ3v) is 5.52. The Balaban J connectivity index is 1.65. The number of benzene rings is 1. The molecule has 8 heteroatoms. The number of ether oxygens (including phenoxy) is 1. The molecule has 1 aliphatic rings. The van der Waals surface area contributed by atoms with Gasteiger partial charge in [-0.25, -0.2) is 4.79 Å². The molecule has 1 aliphatic heterocycles. The molecule has 6 nitrogen and oxygen atoms in total. The Morgan fingerprint density at radius 3 is 2.54 bits per heavy atom. The van der Waals surface area contributed by atoms with Gasteiger partial charge in [0.1, 0.15) is 0 Å². The van der Waals surface area contributed by atoms with Gasteiger partial charge in [0.2, 0.25) is 0 Å².